The minimum Gasteiger partial charge on any atom is -0.468 e. The molecule has 2 N–H and O–H groups in total. The molecule has 1 atom stereocenters. The number of methoxy groups -OCH3 is 1. The lowest BCUT2D eigenvalue weighted by Gasteiger charge is -2.21. The van der Waals surface area contributed by atoms with Gasteiger partial charge in [-0.1, -0.05) is 0 Å². The Hall–Kier alpha value is -0.320. The standard InChI is InChI=1S/C8H17NO3.ClH/c1-8(2,3)12-5-6(9)7(10)11-4;/h6H,5,9H2,1-4H3;1H. The zero-order valence-corrected chi connectivity index (χ0v) is 9.31. The van der Waals surface area contributed by atoms with Crippen molar-refractivity contribution in [3.05, 3.63) is 0 Å². The SMILES string of the molecule is COC(=O)C(N)COC(C)(C)C.Cl. The van der Waals surface area contributed by atoms with E-state index in [4.69, 9.17) is 10.5 Å². The summed E-state index contributed by atoms with van der Waals surface area (Å²) in [5.41, 5.74) is 5.16. The number of esters is 1. The van der Waals surface area contributed by atoms with Gasteiger partial charge in [-0.05, 0) is 20.8 Å². The zero-order valence-electron chi connectivity index (χ0n) is 8.49. The normalized spacial score (nSPS) is 13.0. The summed E-state index contributed by atoms with van der Waals surface area (Å²) in [4.78, 5) is 10.8. The zero-order chi connectivity index (χ0) is 9.78. The van der Waals surface area contributed by atoms with Crippen molar-refractivity contribution in [1.82, 2.24) is 0 Å². The molecule has 0 aliphatic heterocycles. The maximum Gasteiger partial charge on any atom is 0.325 e. The van der Waals surface area contributed by atoms with Gasteiger partial charge in [0.2, 0.25) is 0 Å². The maximum atomic E-state index is 10.8. The first-order chi connectivity index (χ1) is 5.37. The molecule has 0 amide bonds. The second-order valence-electron chi connectivity index (χ2n) is 3.55. The summed E-state index contributed by atoms with van der Waals surface area (Å²) in [7, 11) is 1.30. The summed E-state index contributed by atoms with van der Waals surface area (Å²) < 4.78 is 9.72. The van der Waals surface area contributed by atoms with E-state index in [1.54, 1.807) is 0 Å². The molecule has 0 saturated heterocycles. The van der Waals surface area contributed by atoms with Crippen LogP contribution in [0.5, 0.6) is 0 Å². The third-order valence-corrected chi connectivity index (χ3v) is 1.20. The number of ether oxygens (including phenoxy) is 2. The van der Waals surface area contributed by atoms with Crippen molar-refractivity contribution >= 4 is 18.4 Å². The molecule has 0 aromatic rings. The maximum absolute atomic E-state index is 10.8. The van der Waals surface area contributed by atoms with Crippen molar-refractivity contribution in [1.29, 1.82) is 0 Å². The van der Waals surface area contributed by atoms with Crippen LogP contribution in [0.25, 0.3) is 0 Å². The second-order valence-corrected chi connectivity index (χ2v) is 3.55. The van der Waals surface area contributed by atoms with Crippen LogP contribution >= 0.6 is 12.4 Å². The lowest BCUT2D eigenvalue weighted by atomic mass is 10.2. The highest BCUT2D eigenvalue weighted by molar-refractivity contribution is 5.85. The summed E-state index contributed by atoms with van der Waals surface area (Å²) >= 11 is 0. The highest BCUT2D eigenvalue weighted by atomic mass is 35.5. The van der Waals surface area contributed by atoms with Crippen LogP contribution < -0.4 is 5.73 Å². The molecule has 0 aliphatic carbocycles. The first-order valence-electron chi connectivity index (χ1n) is 3.84. The van der Waals surface area contributed by atoms with Gasteiger partial charge in [-0.3, -0.25) is 4.79 Å². The molecule has 0 rings (SSSR count). The molecule has 0 radical (unpaired) electrons. The van der Waals surface area contributed by atoms with Gasteiger partial charge in [-0.15, -0.1) is 12.4 Å². The van der Waals surface area contributed by atoms with Crippen molar-refractivity contribution in [2.24, 2.45) is 5.73 Å². The van der Waals surface area contributed by atoms with Gasteiger partial charge in [-0.2, -0.15) is 0 Å². The summed E-state index contributed by atoms with van der Waals surface area (Å²) in [5, 5.41) is 0. The van der Waals surface area contributed by atoms with E-state index in [0.717, 1.165) is 0 Å². The number of carbonyl (C=O) groups excluding carboxylic acids is 1. The van der Waals surface area contributed by atoms with E-state index in [0.29, 0.717) is 0 Å². The molecule has 0 heterocycles. The molecule has 80 valence electrons. The summed E-state index contributed by atoms with van der Waals surface area (Å²) in [6.07, 6.45) is 0. The molecule has 13 heavy (non-hydrogen) atoms. The summed E-state index contributed by atoms with van der Waals surface area (Å²) in [6, 6.07) is -0.686. The Kier molecular flexibility index (Phi) is 7.21. The van der Waals surface area contributed by atoms with Gasteiger partial charge in [-0.25, -0.2) is 0 Å². The largest absolute Gasteiger partial charge is 0.468 e. The Morgan fingerprint density at radius 1 is 1.46 bits per heavy atom. The Morgan fingerprint density at radius 2 is 1.92 bits per heavy atom. The van der Waals surface area contributed by atoms with Crippen LogP contribution in [-0.4, -0.2) is 31.3 Å². The fraction of sp³-hybridized carbons (Fsp3) is 0.875. The third kappa shape index (κ3) is 8.02. The second kappa shape index (κ2) is 6.18. The van der Waals surface area contributed by atoms with Crippen molar-refractivity contribution in [2.45, 2.75) is 32.4 Å². The average Bonchev–Trinajstić information content (AvgIpc) is 1.97. The first kappa shape index (κ1) is 15.2. The van der Waals surface area contributed by atoms with E-state index in [1.807, 2.05) is 20.8 Å². The number of nitrogens with two attached hydrogens (primary N) is 1. The topological polar surface area (TPSA) is 61.5 Å². The van der Waals surface area contributed by atoms with E-state index in [2.05, 4.69) is 4.74 Å². The van der Waals surface area contributed by atoms with E-state index in [9.17, 15) is 4.79 Å². The van der Waals surface area contributed by atoms with E-state index < -0.39 is 12.0 Å². The van der Waals surface area contributed by atoms with Crippen molar-refractivity contribution in [2.75, 3.05) is 13.7 Å². The smallest absolute Gasteiger partial charge is 0.325 e. The minimum absolute atomic E-state index is 0. The van der Waals surface area contributed by atoms with E-state index in [1.165, 1.54) is 7.11 Å². The first-order valence-corrected chi connectivity index (χ1v) is 3.84. The number of halogens is 1. The van der Waals surface area contributed by atoms with Crippen molar-refractivity contribution in [3.63, 3.8) is 0 Å². The number of carbonyl (C=O) groups is 1. The van der Waals surface area contributed by atoms with Gasteiger partial charge < -0.3 is 15.2 Å². The molecule has 0 aromatic heterocycles. The molecule has 4 nitrogen and oxygen atoms in total. The van der Waals surface area contributed by atoms with Gasteiger partial charge in [0.15, 0.2) is 0 Å². The van der Waals surface area contributed by atoms with Crippen LogP contribution in [0.1, 0.15) is 20.8 Å². The van der Waals surface area contributed by atoms with E-state index >= 15 is 0 Å². The Bertz CT molecular complexity index is 156. The van der Waals surface area contributed by atoms with Crippen LogP contribution in [0.3, 0.4) is 0 Å². The third-order valence-electron chi connectivity index (χ3n) is 1.20. The van der Waals surface area contributed by atoms with Gasteiger partial charge in [0.25, 0.3) is 0 Å². The highest BCUT2D eigenvalue weighted by Gasteiger charge is 2.18. The Morgan fingerprint density at radius 3 is 2.23 bits per heavy atom. The van der Waals surface area contributed by atoms with Crippen LogP contribution in [0.4, 0.5) is 0 Å². The molecule has 0 aromatic carbocycles. The molecular weight excluding hydrogens is 194 g/mol. The number of hydrogen-bond donors (Lipinski definition) is 1. The molecule has 0 bridgehead atoms. The lowest BCUT2D eigenvalue weighted by molar-refractivity contribution is -0.145. The van der Waals surface area contributed by atoms with Gasteiger partial charge >= 0.3 is 5.97 Å². The molecule has 0 saturated carbocycles. The lowest BCUT2D eigenvalue weighted by Crippen LogP contribution is -2.38. The molecule has 0 spiro atoms. The van der Waals surface area contributed by atoms with Crippen LogP contribution in [0.2, 0.25) is 0 Å². The van der Waals surface area contributed by atoms with Gasteiger partial charge in [0.05, 0.1) is 19.3 Å². The van der Waals surface area contributed by atoms with Crippen LogP contribution in [0, 0.1) is 0 Å². The monoisotopic (exact) mass is 211 g/mol. The number of rotatable bonds is 3. The van der Waals surface area contributed by atoms with Crippen molar-refractivity contribution in [3.8, 4) is 0 Å². The molecule has 0 aliphatic rings. The van der Waals surface area contributed by atoms with Gasteiger partial charge in [0, 0.05) is 0 Å². The van der Waals surface area contributed by atoms with Crippen LogP contribution in [-0.2, 0) is 14.3 Å². The predicted molar refractivity (Wildman–Crippen MR) is 52.9 cm³/mol. The highest BCUT2D eigenvalue weighted by Crippen LogP contribution is 2.06. The molecule has 1 unspecified atom stereocenters. The number of hydrogen-bond acceptors (Lipinski definition) is 4. The average molecular weight is 212 g/mol. The summed E-state index contributed by atoms with van der Waals surface area (Å²) in [6.45, 7) is 5.89. The van der Waals surface area contributed by atoms with Crippen LogP contribution in [0.15, 0.2) is 0 Å². The van der Waals surface area contributed by atoms with Gasteiger partial charge in [0.1, 0.15) is 6.04 Å². The Labute approximate surface area is 85.2 Å². The Balaban J connectivity index is 0. The predicted octanol–water partition coefficient (Wildman–Crippen LogP) is 0.724. The minimum atomic E-state index is -0.686. The fourth-order valence-electron chi connectivity index (χ4n) is 0.559. The van der Waals surface area contributed by atoms with Crippen molar-refractivity contribution < 1.29 is 14.3 Å². The fourth-order valence-corrected chi connectivity index (χ4v) is 0.559. The summed E-state index contributed by atoms with van der Waals surface area (Å²) in [5.74, 6) is -0.445. The quantitative estimate of drug-likeness (QED) is 0.699. The molecule has 0 fully saturated rings. The molecule has 5 heteroatoms. The molecular formula is C8H18ClNO3. The van der Waals surface area contributed by atoms with E-state index in [-0.39, 0.29) is 24.6 Å².